The molecule has 2 rings (SSSR count). The Morgan fingerprint density at radius 2 is 2.00 bits per heavy atom. The minimum atomic E-state index is -0.259. The van der Waals surface area contributed by atoms with E-state index in [1.165, 1.54) is 12.1 Å². The Labute approximate surface area is 125 Å². The number of alkyl halides is 1. The van der Waals surface area contributed by atoms with Gasteiger partial charge in [-0.25, -0.2) is 4.39 Å². The zero-order chi connectivity index (χ0) is 13.8. The van der Waals surface area contributed by atoms with Crippen molar-refractivity contribution >= 4 is 27.5 Å². The van der Waals surface area contributed by atoms with Crippen LogP contribution in [0.1, 0.15) is 16.7 Å². The summed E-state index contributed by atoms with van der Waals surface area (Å²) in [7, 11) is 0. The van der Waals surface area contributed by atoms with Crippen LogP contribution in [0.2, 0.25) is 5.02 Å². The third-order valence-electron chi connectivity index (χ3n) is 2.84. The van der Waals surface area contributed by atoms with Crippen LogP contribution in [-0.2, 0) is 11.9 Å². The number of ether oxygens (including phenoxy) is 1. The molecule has 0 aliphatic carbocycles. The van der Waals surface area contributed by atoms with Crippen LogP contribution in [0.4, 0.5) is 4.39 Å². The molecule has 0 spiro atoms. The molecule has 0 aliphatic rings. The molecule has 4 heteroatoms. The average Bonchev–Trinajstić information content (AvgIpc) is 2.40. The van der Waals surface area contributed by atoms with Gasteiger partial charge in [0.15, 0.2) is 0 Å². The van der Waals surface area contributed by atoms with E-state index < -0.39 is 0 Å². The van der Waals surface area contributed by atoms with Crippen LogP contribution in [0.3, 0.4) is 0 Å². The lowest BCUT2D eigenvalue weighted by atomic mass is 10.1. The molecule has 0 radical (unpaired) electrons. The van der Waals surface area contributed by atoms with Crippen molar-refractivity contribution < 1.29 is 9.13 Å². The van der Waals surface area contributed by atoms with Gasteiger partial charge in [0.2, 0.25) is 0 Å². The summed E-state index contributed by atoms with van der Waals surface area (Å²) in [4.78, 5) is 0. The molecule has 1 nitrogen and oxygen atoms in total. The molecule has 19 heavy (non-hydrogen) atoms. The van der Waals surface area contributed by atoms with Crippen molar-refractivity contribution in [2.24, 2.45) is 0 Å². The third-order valence-corrected chi connectivity index (χ3v) is 3.79. The van der Waals surface area contributed by atoms with Crippen molar-refractivity contribution in [3.63, 3.8) is 0 Å². The summed E-state index contributed by atoms with van der Waals surface area (Å²) in [5, 5.41) is 1.31. The highest BCUT2D eigenvalue weighted by Gasteiger charge is 2.05. The van der Waals surface area contributed by atoms with Crippen LogP contribution in [0.25, 0.3) is 0 Å². The number of benzene rings is 2. The van der Waals surface area contributed by atoms with E-state index >= 15 is 0 Å². The van der Waals surface area contributed by atoms with Gasteiger partial charge < -0.3 is 4.74 Å². The fourth-order valence-corrected chi connectivity index (χ4v) is 2.30. The zero-order valence-corrected chi connectivity index (χ0v) is 12.8. The highest BCUT2D eigenvalue weighted by molar-refractivity contribution is 9.08. The lowest BCUT2D eigenvalue weighted by Gasteiger charge is -2.11. The Hall–Kier alpha value is -1.06. The van der Waals surface area contributed by atoms with Gasteiger partial charge in [0.05, 0.1) is 5.02 Å². The SMILES string of the molecule is Cc1ccc(F)cc1COc1ccc(CBr)cc1Cl. The van der Waals surface area contributed by atoms with Gasteiger partial charge in [-0.05, 0) is 47.9 Å². The maximum absolute atomic E-state index is 13.2. The number of halogens is 3. The van der Waals surface area contributed by atoms with E-state index in [1.54, 1.807) is 6.07 Å². The largest absolute Gasteiger partial charge is 0.487 e. The Kier molecular flexibility index (Phi) is 4.83. The summed E-state index contributed by atoms with van der Waals surface area (Å²) < 4.78 is 18.8. The first-order valence-corrected chi connectivity index (χ1v) is 7.32. The summed E-state index contributed by atoms with van der Waals surface area (Å²) >= 11 is 9.49. The van der Waals surface area contributed by atoms with E-state index in [2.05, 4.69) is 15.9 Å². The Bertz CT molecular complexity index is 586. The maximum Gasteiger partial charge on any atom is 0.138 e. The summed E-state index contributed by atoms with van der Waals surface area (Å²) in [5.74, 6) is 0.347. The Morgan fingerprint density at radius 3 is 2.68 bits per heavy atom. The molecule has 0 aliphatic heterocycles. The van der Waals surface area contributed by atoms with Gasteiger partial charge in [-0.2, -0.15) is 0 Å². The van der Waals surface area contributed by atoms with E-state index in [-0.39, 0.29) is 5.82 Å². The van der Waals surface area contributed by atoms with Crippen molar-refractivity contribution in [3.05, 3.63) is 63.9 Å². The quantitative estimate of drug-likeness (QED) is 0.688. The molecule has 0 N–H and O–H groups in total. The molecule has 0 fully saturated rings. The van der Waals surface area contributed by atoms with Crippen LogP contribution in [0.5, 0.6) is 5.75 Å². The second-order valence-electron chi connectivity index (χ2n) is 4.26. The first kappa shape index (κ1) is 14.4. The molecule has 0 heterocycles. The monoisotopic (exact) mass is 342 g/mol. The van der Waals surface area contributed by atoms with Gasteiger partial charge >= 0.3 is 0 Å². The van der Waals surface area contributed by atoms with Crippen LogP contribution in [0, 0.1) is 12.7 Å². The predicted octanol–water partition coefficient (Wildman–Crippen LogP) is 5.26. The molecule has 0 saturated carbocycles. The van der Waals surface area contributed by atoms with Crippen LogP contribution in [-0.4, -0.2) is 0 Å². The molecule has 0 saturated heterocycles. The fourth-order valence-electron chi connectivity index (χ4n) is 1.70. The van der Waals surface area contributed by atoms with E-state index in [9.17, 15) is 4.39 Å². The summed E-state index contributed by atoms with van der Waals surface area (Å²) in [6.07, 6.45) is 0. The number of rotatable bonds is 4. The predicted molar refractivity (Wildman–Crippen MR) is 79.6 cm³/mol. The summed E-state index contributed by atoms with van der Waals surface area (Å²) in [6.45, 7) is 2.23. The van der Waals surface area contributed by atoms with E-state index in [1.807, 2.05) is 25.1 Å². The minimum absolute atomic E-state index is 0.259. The van der Waals surface area contributed by atoms with Crippen molar-refractivity contribution in [1.29, 1.82) is 0 Å². The molecule has 0 amide bonds. The van der Waals surface area contributed by atoms with Crippen molar-refractivity contribution in [1.82, 2.24) is 0 Å². The highest BCUT2D eigenvalue weighted by atomic mass is 79.9. The van der Waals surface area contributed by atoms with Gasteiger partial charge in [0, 0.05) is 5.33 Å². The molecular formula is C15H13BrClFO. The number of aryl methyl sites for hydroxylation is 1. The maximum atomic E-state index is 13.2. The molecule has 2 aromatic carbocycles. The second kappa shape index (κ2) is 6.40. The molecule has 0 unspecified atom stereocenters. The molecule has 100 valence electrons. The van der Waals surface area contributed by atoms with Gasteiger partial charge in [-0.1, -0.05) is 39.7 Å². The van der Waals surface area contributed by atoms with E-state index in [4.69, 9.17) is 16.3 Å². The number of hydrogen-bond donors (Lipinski definition) is 0. The lowest BCUT2D eigenvalue weighted by Crippen LogP contribution is -1.99. The van der Waals surface area contributed by atoms with Crippen LogP contribution in [0.15, 0.2) is 36.4 Å². The smallest absolute Gasteiger partial charge is 0.138 e. The molecule has 0 atom stereocenters. The normalized spacial score (nSPS) is 10.5. The third kappa shape index (κ3) is 3.71. The first-order chi connectivity index (χ1) is 9.10. The minimum Gasteiger partial charge on any atom is -0.487 e. The van der Waals surface area contributed by atoms with E-state index in [0.717, 1.165) is 22.0 Å². The van der Waals surface area contributed by atoms with Crippen molar-refractivity contribution in [2.75, 3.05) is 0 Å². The molecule has 0 aromatic heterocycles. The summed E-state index contributed by atoms with van der Waals surface area (Å²) in [5.41, 5.74) is 2.90. The van der Waals surface area contributed by atoms with Crippen LogP contribution >= 0.6 is 27.5 Å². The Balaban J connectivity index is 2.12. The van der Waals surface area contributed by atoms with Crippen molar-refractivity contribution in [2.45, 2.75) is 18.9 Å². The van der Waals surface area contributed by atoms with Gasteiger partial charge in [-0.15, -0.1) is 0 Å². The Morgan fingerprint density at radius 1 is 1.21 bits per heavy atom. The molecule has 2 aromatic rings. The first-order valence-electron chi connectivity index (χ1n) is 5.82. The van der Waals surface area contributed by atoms with Gasteiger partial charge in [-0.3, -0.25) is 0 Å². The van der Waals surface area contributed by atoms with Crippen molar-refractivity contribution in [3.8, 4) is 5.75 Å². The standard InChI is InChI=1S/C15H13BrClFO/c1-10-2-4-13(18)7-12(10)9-19-15-5-3-11(8-16)6-14(15)17/h2-7H,8-9H2,1H3. The zero-order valence-electron chi connectivity index (χ0n) is 10.4. The number of hydrogen-bond acceptors (Lipinski definition) is 1. The van der Waals surface area contributed by atoms with Gasteiger partial charge in [0.25, 0.3) is 0 Å². The summed E-state index contributed by atoms with van der Waals surface area (Å²) in [6, 6.07) is 10.3. The molecule has 0 bridgehead atoms. The fraction of sp³-hybridized carbons (Fsp3) is 0.200. The van der Waals surface area contributed by atoms with Gasteiger partial charge in [0.1, 0.15) is 18.2 Å². The van der Waals surface area contributed by atoms with E-state index in [0.29, 0.717) is 17.4 Å². The lowest BCUT2D eigenvalue weighted by molar-refractivity contribution is 0.305. The van der Waals surface area contributed by atoms with Crippen LogP contribution < -0.4 is 4.74 Å². The second-order valence-corrected chi connectivity index (χ2v) is 5.23. The highest BCUT2D eigenvalue weighted by Crippen LogP contribution is 2.27. The molecular weight excluding hydrogens is 331 g/mol. The topological polar surface area (TPSA) is 9.23 Å². The average molecular weight is 344 g/mol.